The van der Waals surface area contributed by atoms with Crippen molar-refractivity contribution in [1.29, 1.82) is 0 Å². The van der Waals surface area contributed by atoms with Gasteiger partial charge >= 0.3 is 0 Å². The van der Waals surface area contributed by atoms with Crippen LogP contribution in [0.1, 0.15) is 18.8 Å². The van der Waals surface area contributed by atoms with E-state index in [2.05, 4.69) is 20.1 Å². The van der Waals surface area contributed by atoms with Crippen LogP contribution in [0.15, 0.2) is 0 Å². The van der Waals surface area contributed by atoms with E-state index in [1.54, 1.807) is 0 Å². The molecule has 0 radical (unpaired) electrons. The fourth-order valence-corrected chi connectivity index (χ4v) is 1.37. The van der Waals surface area contributed by atoms with Crippen molar-refractivity contribution in [3.63, 3.8) is 0 Å². The van der Waals surface area contributed by atoms with Crippen LogP contribution >= 0.6 is 0 Å². The quantitative estimate of drug-likeness (QED) is 0.678. The summed E-state index contributed by atoms with van der Waals surface area (Å²) in [6.07, 6.45) is 0. The van der Waals surface area contributed by atoms with E-state index in [0.29, 0.717) is 0 Å². The van der Waals surface area contributed by atoms with Gasteiger partial charge in [0.25, 0.3) is 0 Å². The Kier molecular flexibility index (Phi) is 2.64. The van der Waals surface area contributed by atoms with E-state index >= 15 is 0 Å². The molecule has 1 aromatic heterocycles. The average molecular weight is 197 g/mol. The minimum Gasteiger partial charge on any atom is -0.378 e. The van der Waals surface area contributed by atoms with Gasteiger partial charge in [0.15, 0.2) is 0 Å². The molecule has 2 rings (SSSR count). The molecule has 1 atom stereocenters. The number of rotatable bonds is 2. The van der Waals surface area contributed by atoms with Gasteiger partial charge < -0.3 is 15.4 Å². The molecule has 1 aliphatic heterocycles. The van der Waals surface area contributed by atoms with Crippen molar-refractivity contribution in [2.24, 2.45) is 5.73 Å². The number of anilines is 1. The van der Waals surface area contributed by atoms with Crippen LogP contribution in [0.2, 0.25) is 0 Å². The summed E-state index contributed by atoms with van der Waals surface area (Å²) in [7, 11) is 0. The predicted molar refractivity (Wildman–Crippen MR) is 52.0 cm³/mol. The molecule has 1 saturated heterocycles. The lowest BCUT2D eigenvalue weighted by Crippen LogP contribution is -2.36. The molecule has 14 heavy (non-hydrogen) atoms. The van der Waals surface area contributed by atoms with Crippen molar-refractivity contribution < 1.29 is 4.74 Å². The van der Waals surface area contributed by atoms with E-state index in [0.717, 1.165) is 38.1 Å². The molecule has 0 bridgehead atoms. The third-order valence-corrected chi connectivity index (χ3v) is 2.22. The lowest BCUT2D eigenvalue weighted by Gasteiger charge is -2.25. The van der Waals surface area contributed by atoms with Crippen molar-refractivity contribution >= 4 is 5.95 Å². The van der Waals surface area contributed by atoms with Crippen LogP contribution < -0.4 is 10.6 Å². The number of nitrogens with one attached hydrogen (secondary N) is 1. The van der Waals surface area contributed by atoms with E-state index in [4.69, 9.17) is 10.5 Å². The first-order valence-electron chi connectivity index (χ1n) is 4.78. The number of H-pyrrole nitrogens is 1. The molecule has 1 aliphatic rings. The highest BCUT2D eigenvalue weighted by Crippen LogP contribution is 2.11. The Morgan fingerprint density at radius 2 is 2.21 bits per heavy atom. The Labute approximate surface area is 82.4 Å². The topological polar surface area (TPSA) is 80.1 Å². The van der Waals surface area contributed by atoms with E-state index in [1.807, 2.05) is 6.92 Å². The van der Waals surface area contributed by atoms with Crippen LogP contribution in [-0.4, -0.2) is 41.5 Å². The van der Waals surface area contributed by atoms with Gasteiger partial charge in [-0.1, -0.05) is 0 Å². The molecule has 0 saturated carbocycles. The molecule has 1 aromatic rings. The highest BCUT2D eigenvalue weighted by Gasteiger charge is 2.16. The third-order valence-electron chi connectivity index (χ3n) is 2.22. The molecule has 6 heteroatoms. The van der Waals surface area contributed by atoms with Crippen molar-refractivity contribution in [2.75, 3.05) is 31.2 Å². The number of hydrogen-bond acceptors (Lipinski definition) is 5. The van der Waals surface area contributed by atoms with Crippen molar-refractivity contribution in [3.8, 4) is 0 Å². The number of nitrogens with two attached hydrogens (primary N) is 1. The van der Waals surface area contributed by atoms with E-state index in [-0.39, 0.29) is 6.04 Å². The molecule has 0 amide bonds. The summed E-state index contributed by atoms with van der Waals surface area (Å²) in [4.78, 5) is 6.40. The van der Waals surface area contributed by atoms with Crippen LogP contribution in [-0.2, 0) is 4.74 Å². The Bertz CT molecular complexity index is 292. The number of aromatic nitrogens is 3. The number of morpholine rings is 1. The number of aromatic amines is 1. The zero-order chi connectivity index (χ0) is 9.97. The molecule has 0 aliphatic carbocycles. The van der Waals surface area contributed by atoms with Crippen LogP contribution in [0.25, 0.3) is 0 Å². The lowest BCUT2D eigenvalue weighted by atomic mass is 10.3. The highest BCUT2D eigenvalue weighted by atomic mass is 16.5. The predicted octanol–water partition coefficient (Wildman–Crippen LogP) is -0.339. The van der Waals surface area contributed by atoms with Crippen LogP contribution in [0.3, 0.4) is 0 Å². The minimum atomic E-state index is -0.0997. The van der Waals surface area contributed by atoms with Crippen LogP contribution in [0, 0.1) is 0 Å². The molecule has 3 N–H and O–H groups in total. The molecule has 6 nitrogen and oxygen atoms in total. The standard InChI is InChI=1S/C8H15N5O/c1-6(9)7-10-8(12-11-7)13-2-4-14-5-3-13/h6H,2-5,9H2,1H3,(H,10,11,12)/t6-/m0/s1. The van der Waals surface area contributed by atoms with Crippen LogP contribution in [0.5, 0.6) is 0 Å². The van der Waals surface area contributed by atoms with Gasteiger partial charge in [0.2, 0.25) is 5.95 Å². The summed E-state index contributed by atoms with van der Waals surface area (Å²) in [5.41, 5.74) is 5.68. The normalized spacial score (nSPS) is 19.7. The maximum Gasteiger partial charge on any atom is 0.244 e. The third kappa shape index (κ3) is 1.85. The molecule has 0 spiro atoms. The Balaban J connectivity index is 2.07. The zero-order valence-corrected chi connectivity index (χ0v) is 8.23. The molecule has 0 aromatic carbocycles. The summed E-state index contributed by atoms with van der Waals surface area (Å²) < 4.78 is 5.24. The van der Waals surface area contributed by atoms with E-state index < -0.39 is 0 Å². The summed E-state index contributed by atoms with van der Waals surface area (Å²) in [6, 6.07) is -0.0997. The van der Waals surface area contributed by atoms with Gasteiger partial charge in [-0.25, -0.2) is 0 Å². The first-order valence-corrected chi connectivity index (χ1v) is 4.78. The largest absolute Gasteiger partial charge is 0.378 e. The van der Waals surface area contributed by atoms with Crippen molar-refractivity contribution in [1.82, 2.24) is 15.2 Å². The van der Waals surface area contributed by atoms with Gasteiger partial charge in [-0.2, -0.15) is 4.98 Å². The SMILES string of the molecule is C[C@H](N)c1nc(N2CCOCC2)n[nH]1. The molecule has 78 valence electrons. The van der Waals surface area contributed by atoms with Gasteiger partial charge in [0, 0.05) is 13.1 Å². The number of nitrogens with zero attached hydrogens (tertiary/aromatic N) is 3. The average Bonchev–Trinajstić information content (AvgIpc) is 2.68. The summed E-state index contributed by atoms with van der Waals surface area (Å²) >= 11 is 0. The second-order valence-corrected chi connectivity index (χ2v) is 3.41. The van der Waals surface area contributed by atoms with Gasteiger partial charge in [-0.05, 0) is 6.92 Å². The molecular weight excluding hydrogens is 182 g/mol. The van der Waals surface area contributed by atoms with Crippen molar-refractivity contribution in [2.45, 2.75) is 13.0 Å². The highest BCUT2D eigenvalue weighted by molar-refractivity contribution is 5.29. The van der Waals surface area contributed by atoms with Gasteiger partial charge in [-0.3, -0.25) is 5.10 Å². The molecular formula is C8H15N5O. The molecule has 0 unspecified atom stereocenters. The van der Waals surface area contributed by atoms with Crippen LogP contribution in [0.4, 0.5) is 5.95 Å². The number of ether oxygens (including phenoxy) is 1. The Morgan fingerprint density at radius 1 is 1.50 bits per heavy atom. The Morgan fingerprint density at radius 3 is 2.79 bits per heavy atom. The smallest absolute Gasteiger partial charge is 0.244 e. The first kappa shape index (κ1) is 9.42. The zero-order valence-electron chi connectivity index (χ0n) is 8.23. The Hall–Kier alpha value is -1.14. The summed E-state index contributed by atoms with van der Waals surface area (Å²) in [5.74, 6) is 1.45. The van der Waals surface area contributed by atoms with Gasteiger partial charge in [0.05, 0.1) is 19.3 Å². The second kappa shape index (κ2) is 3.93. The number of hydrogen-bond donors (Lipinski definition) is 2. The molecule has 1 fully saturated rings. The lowest BCUT2D eigenvalue weighted by molar-refractivity contribution is 0.122. The van der Waals surface area contributed by atoms with Gasteiger partial charge in [-0.15, -0.1) is 5.10 Å². The monoisotopic (exact) mass is 197 g/mol. The molecule has 2 heterocycles. The maximum absolute atomic E-state index is 5.68. The van der Waals surface area contributed by atoms with E-state index in [1.165, 1.54) is 0 Å². The van der Waals surface area contributed by atoms with Crippen molar-refractivity contribution in [3.05, 3.63) is 5.82 Å². The minimum absolute atomic E-state index is 0.0997. The second-order valence-electron chi connectivity index (χ2n) is 3.41. The fourth-order valence-electron chi connectivity index (χ4n) is 1.37. The maximum atomic E-state index is 5.68. The summed E-state index contributed by atoms with van der Waals surface area (Å²) in [6.45, 7) is 5.04. The van der Waals surface area contributed by atoms with Gasteiger partial charge in [0.1, 0.15) is 5.82 Å². The van der Waals surface area contributed by atoms with E-state index in [9.17, 15) is 0 Å². The first-order chi connectivity index (χ1) is 6.77. The summed E-state index contributed by atoms with van der Waals surface area (Å²) in [5, 5.41) is 6.95. The fraction of sp³-hybridized carbons (Fsp3) is 0.750.